The van der Waals surface area contributed by atoms with Crippen LogP contribution >= 0.6 is 0 Å². The van der Waals surface area contributed by atoms with E-state index in [1.807, 2.05) is 19.1 Å². The molecule has 4 heteroatoms. The molecule has 104 valence electrons. The maximum absolute atomic E-state index is 12.5. The summed E-state index contributed by atoms with van der Waals surface area (Å²) in [6.45, 7) is 2.36. The van der Waals surface area contributed by atoms with Gasteiger partial charge in [-0.05, 0) is 43.9 Å². The van der Waals surface area contributed by atoms with Crippen molar-refractivity contribution in [1.82, 2.24) is 4.90 Å². The molecule has 1 amide bonds. The number of aliphatic hydroxyl groups excluding tert-OH is 1. The molecule has 0 bridgehead atoms. The van der Waals surface area contributed by atoms with E-state index in [-0.39, 0.29) is 18.6 Å². The Bertz CT molecular complexity index is 455. The number of ether oxygens (including phenoxy) is 1. The molecule has 0 heterocycles. The quantitative estimate of drug-likeness (QED) is 0.884. The lowest BCUT2D eigenvalue weighted by molar-refractivity contribution is 0.0525. The van der Waals surface area contributed by atoms with Gasteiger partial charge in [-0.15, -0.1) is 0 Å². The highest BCUT2D eigenvalue weighted by Gasteiger charge is 2.29. The second-order valence-corrected chi connectivity index (χ2v) is 4.99. The van der Waals surface area contributed by atoms with E-state index in [1.54, 1.807) is 18.1 Å². The Kier molecular flexibility index (Phi) is 4.43. The number of nitrogens with zero attached hydrogens (tertiary/aromatic N) is 1. The number of hydrogen-bond donors (Lipinski definition) is 1. The molecule has 1 aliphatic rings. The number of carbonyl (C=O) groups is 1. The number of carbonyl (C=O) groups excluding carboxylic acids is 1. The maximum atomic E-state index is 12.5. The zero-order valence-electron chi connectivity index (χ0n) is 11.6. The number of amides is 1. The first-order valence-electron chi connectivity index (χ1n) is 6.74. The van der Waals surface area contributed by atoms with Crippen molar-refractivity contribution in [2.75, 3.05) is 20.3 Å². The molecule has 19 heavy (non-hydrogen) atoms. The first-order valence-corrected chi connectivity index (χ1v) is 6.74. The lowest BCUT2D eigenvalue weighted by atomic mass is 9.91. The van der Waals surface area contributed by atoms with Crippen LogP contribution in [0.2, 0.25) is 0 Å². The fourth-order valence-corrected chi connectivity index (χ4v) is 2.37. The van der Waals surface area contributed by atoms with Crippen LogP contribution in [0.4, 0.5) is 0 Å². The third-order valence-corrected chi connectivity index (χ3v) is 3.77. The first kappa shape index (κ1) is 13.9. The van der Waals surface area contributed by atoms with Gasteiger partial charge in [0.05, 0.1) is 13.7 Å². The van der Waals surface area contributed by atoms with Crippen LogP contribution in [0, 0.1) is 6.92 Å². The highest BCUT2D eigenvalue weighted by atomic mass is 16.5. The fraction of sp³-hybridized carbons (Fsp3) is 0.533. The number of methoxy groups -OCH3 is 1. The summed E-state index contributed by atoms with van der Waals surface area (Å²) >= 11 is 0. The van der Waals surface area contributed by atoms with Gasteiger partial charge in [0.25, 0.3) is 5.91 Å². The zero-order chi connectivity index (χ0) is 13.8. The molecule has 0 unspecified atom stereocenters. The smallest absolute Gasteiger partial charge is 0.254 e. The van der Waals surface area contributed by atoms with E-state index in [4.69, 9.17) is 9.84 Å². The van der Waals surface area contributed by atoms with Gasteiger partial charge in [0.15, 0.2) is 0 Å². The Balaban J connectivity index is 2.20. The van der Waals surface area contributed by atoms with Crippen LogP contribution in [0.1, 0.15) is 35.2 Å². The summed E-state index contributed by atoms with van der Waals surface area (Å²) in [6.07, 6.45) is 3.24. The Morgan fingerprint density at radius 3 is 2.74 bits per heavy atom. The van der Waals surface area contributed by atoms with Gasteiger partial charge in [0.1, 0.15) is 5.75 Å². The van der Waals surface area contributed by atoms with Crippen LogP contribution in [0.5, 0.6) is 5.75 Å². The Morgan fingerprint density at radius 2 is 2.21 bits per heavy atom. The molecule has 1 saturated carbocycles. The molecule has 1 N–H and O–H groups in total. The second-order valence-electron chi connectivity index (χ2n) is 4.99. The standard InChI is InChI=1S/C15H21NO3/c1-11-6-7-12(10-14(11)19-2)15(18)16(8-9-17)13-4-3-5-13/h6-7,10,13,17H,3-5,8-9H2,1-2H3. The SMILES string of the molecule is COc1cc(C(=O)N(CCO)C2CCC2)ccc1C. The summed E-state index contributed by atoms with van der Waals surface area (Å²) in [5.41, 5.74) is 1.64. The monoisotopic (exact) mass is 263 g/mol. The van der Waals surface area contributed by atoms with Crippen molar-refractivity contribution in [1.29, 1.82) is 0 Å². The van der Waals surface area contributed by atoms with E-state index < -0.39 is 0 Å². The molecule has 0 spiro atoms. The lowest BCUT2D eigenvalue weighted by Crippen LogP contribution is -2.45. The molecule has 0 atom stereocenters. The van der Waals surface area contributed by atoms with Crippen molar-refractivity contribution >= 4 is 5.91 Å². The van der Waals surface area contributed by atoms with Gasteiger partial charge >= 0.3 is 0 Å². The van der Waals surface area contributed by atoms with E-state index in [9.17, 15) is 4.79 Å². The van der Waals surface area contributed by atoms with Crippen molar-refractivity contribution in [2.45, 2.75) is 32.2 Å². The molecule has 0 aliphatic heterocycles. The van der Waals surface area contributed by atoms with E-state index >= 15 is 0 Å². The summed E-state index contributed by atoms with van der Waals surface area (Å²) in [7, 11) is 1.61. The third-order valence-electron chi connectivity index (χ3n) is 3.77. The summed E-state index contributed by atoms with van der Waals surface area (Å²) in [5.74, 6) is 0.709. The lowest BCUT2D eigenvalue weighted by Gasteiger charge is -2.37. The highest BCUT2D eigenvalue weighted by Crippen LogP contribution is 2.27. The molecule has 1 aliphatic carbocycles. The normalized spacial score (nSPS) is 14.9. The first-order chi connectivity index (χ1) is 9.17. The Hall–Kier alpha value is -1.55. The molecule has 0 aromatic heterocycles. The predicted octanol–water partition coefficient (Wildman–Crippen LogP) is 1.99. The minimum absolute atomic E-state index is 0.00519. The molecular formula is C15H21NO3. The summed E-state index contributed by atoms with van der Waals surface area (Å²) in [6, 6.07) is 5.78. The molecule has 1 fully saturated rings. The van der Waals surface area contributed by atoms with Crippen molar-refractivity contribution in [2.24, 2.45) is 0 Å². The van der Waals surface area contributed by atoms with Crippen LogP contribution in [0.3, 0.4) is 0 Å². The molecule has 4 nitrogen and oxygen atoms in total. The topological polar surface area (TPSA) is 49.8 Å². The maximum Gasteiger partial charge on any atom is 0.254 e. The van der Waals surface area contributed by atoms with Gasteiger partial charge < -0.3 is 14.7 Å². The second kappa shape index (κ2) is 6.06. The summed E-state index contributed by atoms with van der Waals surface area (Å²) in [5, 5.41) is 9.13. The van der Waals surface area contributed by atoms with Gasteiger partial charge in [-0.3, -0.25) is 4.79 Å². The number of benzene rings is 1. The third kappa shape index (κ3) is 2.89. The number of aryl methyl sites for hydroxylation is 1. The van der Waals surface area contributed by atoms with Crippen molar-refractivity contribution in [3.8, 4) is 5.75 Å². The largest absolute Gasteiger partial charge is 0.496 e. The Morgan fingerprint density at radius 1 is 1.47 bits per heavy atom. The fourth-order valence-electron chi connectivity index (χ4n) is 2.37. The van der Waals surface area contributed by atoms with E-state index in [2.05, 4.69) is 0 Å². The van der Waals surface area contributed by atoms with Gasteiger partial charge in [-0.2, -0.15) is 0 Å². The average Bonchev–Trinajstić information content (AvgIpc) is 2.36. The van der Waals surface area contributed by atoms with Crippen LogP contribution in [-0.2, 0) is 0 Å². The number of rotatable bonds is 5. The molecular weight excluding hydrogens is 242 g/mol. The minimum atomic E-state index is -0.0166. The Labute approximate surface area is 114 Å². The summed E-state index contributed by atoms with van der Waals surface area (Å²) < 4.78 is 5.26. The van der Waals surface area contributed by atoms with Crippen molar-refractivity contribution < 1.29 is 14.6 Å². The zero-order valence-corrected chi connectivity index (χ0v) is 11.6. The van der Waals surface area contributed by atoms with Gasteiger partial charge in [0, 0.05) is 18.2 Å². The number of aliphatic hydroxyl groups is 1. The highest BCUT2D eigenvalue weighted by molar-refractivity contribution is 5.95. The van der Waals surface area contributed by atoms with Gasteiger partial charge in [-0.25, -0.2) is 0 Å². The van der Waals surface area contributed by atoms with E-state index in [1.165, 1.54) is 0 Å². The summed E-state index contributed by atoms with van der Waals surface area (Å²) in [4.78, 5) is 14.3. The molecule has 0 saturated heterocycles. The number of hydrogen-bond acceptors (Lipinski definition) is 3. The van der Waals surface area contributed by atoms with Gasteiger partial charge in [0.2, 0.25) is 0 Å². The van der Waals surface area contributed by atoms with Crippen molar-refractivity contribution in [3.63, 3.8) is 0 Å². The van der Waals surface area contributed by atoms with Crippen LogP contribution in [-0.4, -0.2) is 42.2 Å². The van der Waals surface area contributed by atoms with Crippen LogP contribution in [0.25, 0.3) is 0 Å². The molecule has 0 radical (unpaired) electrons. The predicted molar refractivity (Wildman–Crippen MR) is 73.5 cm³/mol. The van der Waals surface area contributed by atoms with E-state index in [0.717, 1.165) is 30.6 Å². The average molecular weight is 263 g/mol. The van der Waals surface area contributed by atoms with Crippen LogP contribution < -0.4 is 4.74 Å². The minimum Gasteiger partial charge on any atom is -0.496 e. The van der Waals surface area contributed by atoms with Gasteiger partial charge in [-0.1, -0.05) is 6.07 Å². The molecule has 2 rings (SSSR count). The molecule has 1 aromatic rings. The molecule has 1 aromatic carbocycles. The van der Waals surface area contributed by atoms with Crippen LogP contribution in [0.15, 0.2) is 18.2 Å². The van der Waals surface area contributed by atoms with Crippen molar-refractivity contribution in [3.05, 3.63) is 29.3 Å². The van der Waals surface area contributed by atoms with E-state index in [0.29, 0.717) is 12.1 Å².